The Bertz CT molecular complexity index is 605. The first kappa shape index (κ1) is 23.5. The number of amides is 1. The molecule has 2 N–H and O–H groups in total. The van der Waals surface area contributed by atoms with Crippen LogP contribution in [0.15, 0.2) is 29.3 Å². The number of aliphatic imine (C=N–C) groups is 1. The first-order valence-electron chi connectivity index (χ1n) is 9.50. The highest BCUT2D eigenvalue weighted by molar-refractivity contribution is 14.0. The first-order chi connectivity index (χ1) is 12.5. The van der Waals surface area contributed by atoms with Crippen LogP contribution in [0.5, 0.6) is 5.75 Å². The molecule has 2 rings (SSSR count). The van der Waals surface area contributed by atoms with Gasteiger partial charge in [-0.15, -0.1) is 24.0 Å². The van der Waals surface area contributed by atoms with E-state index < -0.39 is 0 Å². The standard InChI is InChI=1S/C20H32N4O2.HI/c1-5-21-20(22-12-10-16-6-8-18(26-4)9-7-16)23-17-11-13-24(14-17)19(25)15(2)3;/h6-9,15,17H,5,10-14H2,1-4H3,(H2,21,22,23);1H. The van der Waals surface area contributed by atoms with Crippen molar-refractivity contribution in [2.24, 2.45) is 10.9 Å². The third-order valence-corrected chi connectivity index (χ3v) is 4.51. The van der Waals surface area contributed by atoms with Crippen LogP contribution in [0.2, 0.25) is 0 Å². The number of halogens is 1. The van der Waals surface area contributed by atoms with Crippen LogP contribution in [0.4, 0.5) is 0 Å². The van der Waals surface area contributed by atoms with Gasteiger partial charge in [-0.2, -0.15) is 0 Å². The summed E-state index contributed by atoms with van der Waals surface area (Å²) in [6.45, 7) is 9.06. The third-order valence-electron chi connectivity index (χ3n) is 4.51. The highest BCUT2D eigenvalue weighted by Crippen LogP contribution is 2.13. The van der Waals surface area contributed by atoms with Crippen LogP contribution < -0.4 is 15.4 Å². The van der Waals surface area contributed by atoms with Gasteiger partial charge in [0.2, 0.25) is 5.91 Å². The minimum absolute atomic E-state index is 0. The van der Waals surface area contributed by atoms with Gasteiger partial charge < -0.3 is 20.3 Å². The number of hydrogen-bond donors (Lipinski definition) is 2. The Morgan fingerprint density at radius 3 is 2.63 bits per heavy atom. The number of carbonyl (C=O) groups excluding carboxylic acids is 1. The van der Waals surface area contributed by atoms with Gasteiger partial charge in [-0.25, -0.2) is 0 Å². The molecule has 0 radical (unpaired) electrons. The van der Waals surface area contributed by atoms with Gasteiger partial charge in [0.1, 0.15) is 5.75 Å². The van der Waals surface area contributed by atoms with Crippen LogP contribution in [0.3, 0.4) is 0 Å². The second kappa shape index (κ2) is 12.0. The lowest BCUT2D eigenvalue weighted by Gasteiger charge is -2.20. The minimum Gasteiger partial charge on any atom is -0.497 e. The summed E-state index contributed by atoms with van der Waals surface area (Å²) >= 11 is 0. The fourth-order valence-corrected chi connectivity index (χ4v) is 3.05. The van der Waals surface area contributed by atoms with Crippen molar-refractivity contribution in [2.45, 2.75) is 39.7 Å². The van der Waals surface area contributed by atoms with Crippen molar-refractivity contribution in [1.82, 2.24) is 15.5 Å². The Hall–Kier alpha value is -1.51. The number of ether oxygens (including phenoxy) is 1. The molecular formula is C20H33IN4O2. The zero-order chi connectivity index (χ0) is 18.9. The lowest BCUT2D eigenvalue weighted by molar-refractivity contribution is -0.133. The molecule has 1 fully saturated rings. The van der Waals surface area contributed by atoms with Crippen molar-refractivity contribution in [3.8, 4) is 5.75 Å². The van der Waals surface area contributed by atoms with Crippen LogP contribution >= 0.6 is 24.0 Å². The summed E-state index contributed by atoms with van der Waals surface area (Å²) < 4.78 is 5.18. The molecule has 27 heavy (non-hydrogen) atoms. The van der Waals surface area contributed by atoms with Gasteiger partial charge in [0, 0.05) is 38.1 Å². The monoisotopic (exact) mass is 488 g/mol. The average Bonchev–Trinajstić information content (AvgIpc) is 3.10. The molecule has 7 heteroatoms. The Morgan fingerprint density at radius 1 is 1.33 bits per heavy atom. The minimum atomic E-state index is 0. The molecule has 1 unspecified atom stereocenters. The average molecular weight is 488 g/mol. The van der Waals surface area contributed by atoms with Crippen molar-refractivity contribution < 1.29 is 9.53 Å². The predicted molar refractivity (Wildman–Crippen MR) is 121 cm³/mol. The number of likely N-dealkylation sites (tertiary alicyclic amines) is 1. The van der Waals surface area contributed by atoms with E-state index in [4.69, 9.17) is 4.74 Å². The smallest absolute Gasteiger partial charge is 0.225 e. The number of guanidine groups is 1. The second-order valence-electron chi connectivity index (χ2n) is 6.93. The Labute approximate surface area is 180 Å². The normalized spacial score (nSPS) is 16.9. The first-order valence-corrected chi connectivity index (χ1v) is 9.50. The topological polar surface area (TPSA) is 66.0 Å². The van der Waals surface area contributed by atoms with Gasteiger partial charge in [-0.1, -0.05) is 26.0 Å². The molecule has 1 saturated heterocycles. The number of benzene rings is 1. The van der Waals surface area contributed by atoms with Gasteiger partial charge in [-0.05, 0) is 37.5 Å². The Kier molecular flexibility index (Phi) is 10.5. The van der Waals surface area contributed by atoms with E-state index in [-0.39, 0.29) is 41.8 Å². The summed E-state index contributed by atoms with van der Waals surface area (Å²) in [5.41, 5.74) is 1.24. The molecule has 0 bridgehead atoms. The van der Waals surface area contributed by atoms with Crippen LogP contribution in [0, 0.1) is 5.92 Å². The highest BCUT2D eigenvalue weighted by Gasteiger charge is 2.27. The van der Waals surface area contributed by atoms with E-state index >= 15 is 0 Å². The zero-order valence-corrected chi connectivity index (χ0v) is 19.2. The fourth-order valence-electron chi connectivity index (χ4n) is 3.05. The quantitative estimate of drug-likeness (QED) is 0.352. The Balaban J connectivity index is 0.00000364. The van der Waals surface area contributed by atoms with Crippen molar-refractivity contribution in [3.63, 3.8) is 0 Å². The maximum Gasteiger partial charge on any atom is 0.225 e. The van der Waals surface area contributed by atoms with Crippen LogP contribution in [0.1, 0.15) is 32.8 Å². The van der Waals surface area contributed by atoms with Crippen LogP contribution in [0.25, 0.3) is 0 Å². The van der Waals surface area contributed by atoms with E-state index in [9.17, 15) is 4.79 Å². The Morgan fingerprint density at radius 2 is 2.04 bits per heavy atom. The SMILES string of the molecule is CCNC(=NCCc1ccc(OC)cc1)NC1CCN(C(=O)C(C)C)C1.I. The molecular weight excluding hydrogens is 455 g/mol. The number of hydrogen-bond acceptors (Lipinski definition) is 3. The number of nitrogens with one attached hydrogen (secondary N) is 2. The molecule has 1 aromatic rings. The molecule has 0 aromatic heterocycles. The van der Waals surface area contributed by atoms with Crippen molar-refractivity contribution in [3.05, 3.63) is 29.8 Å². The van der Waals surface area contributed by atoms with E-state index in [0.717, 1.165) is 44.2 Å². The molecule has 152 valence electrons. The summed E-state index contributed by atoms with van der Waals surface area (Å²) in [6.07, 6.45) is 1.84. The highest BCUT2D eigenvalue weighted by atomic mass is 127. The largest absolute Gasteiger partial charge is 0.497 e. The maximum absolute atomic E-state index is 12.1. The number of rotatable bonds is 7. The van der Waals surface area contributed by atoms with Gasteiger partial charge in [0.05, 0.1) is 7.11 Å². The summed E-state index contributed by atoms with van der Waals surface area (Å²) in [5, 5.41) is 6.77. The molecule has 1 heterocycles. The predicted octanol–water partition coefficient (Wildman–Crippen LogP) is 2.67. The summed E-state index contributed by atoms with van der Waals surface area (Å²) in [5.74, 6) is 1.98. The number of nitrogens with zero attached hydrogens (tertiary/aromatic N) is 2. The molecule has 0 aliphatic carbocycles. The second-order valence-corrected chi connectivity index (χ2v) is 6.93. The van der Waals surface area contributed by atoms with Gasteiger partial charge in [0.15, 0.2) is 5.96 Å². The zero-order valence-electron chi connectivity index (χ0n) is 16.8. The molecule has 6 nitrogen and oxygen atoms in total. The van der Waals surface area contributed by atoms with E-state index in [2.05, 4.69) is 34.7 Å². The van der Waals surface area contributed by atoms with Gasteiger partial charge >= 0.3 is 0 Å². The van der Waals surface area contributed by atoms with E-state index in [1.165, 1.54) is 5.56 Å². The lowest BCUT2D eigenvalue weighted by atomic mass is 10.1. The molecule has 1 atom stereocenters. The molecule has 1 aliphatic rings. The molecule has 0 saturated carbocycles. The maximum atomic E-state index is 12.1. The lowest BCUT2D eigenvalue weighted by Crippen LogP contribution is -2.45. The summed E-state index contributed by atoms with van der Waals surface area (Å²) in [7, 11) is 1.67. The van der Waals surface area contributed by atoms with Gasteiger partial charge in [0.25, 0.3) is 0 Å². The van der Waals surface area contributed by atoms with Crippen LogP contribution in [-0.2, 0) is 11.2 Å². The summed E-state index contributed by atoms with van der Waals surface area (Å²) in [6, 6.07) is 8.35. The molecule has 0 spiro atoms. The van der Waals surface area contributed by atoms with E-state index in [1.54, 1.807) is 7.11 Å². The van der Waals surface area contributed by atoms with E-state index in [1.807, 2.05) is 30.9 Å². The van der Waals surface area contributed by atoms with Gasteiger partial charge in [-0.3, -0.25) is 9.79 Å². The third kappa shape index (κ3) is 7.56. The molecule has 1 amide bonds. The fraction of sp³-hybridized carbons (Fsp3) is 0.600. The summed E-state index contributed by atoms with van der Waals surface area (Å²) in [4.78, 5) is 18.7. The molecule has 1 aromatic carbocycles. The molecule has 1 aliphatic heterocycles. The van der Waals surface area contributed by atoms with Crippen molar-refractivity contribution in [2.75, 3.05) is 33.3 Å². The van der Waals surface area contributed by atoms with Crippen LogP contribution in [-0.4, -0.2) is 56.1 Å². The van der Waals surface area contributed by atoms with E-state index in [0.29, 0.717) is 6.54 Å². The number of carbonyl (C=O) groups is 1. The van der Waals surface area contributed by atoms with Crippen molar-refractivity contribution in [1.29, 1.82) is 0 Å². The number of methoxy groups -OCH3 is 1. The van der Waals surface area contributed by atoms with Crippen molar-refractivity contribution >= 4 is 35.8 Å².